The zero-order valence-corrected chi connectivity index (χ0v) is 13.7. The van der Waals surface area contributed by atoms with Crippen LogP contribution in [0, 0.1) is 11.8 Å². The van der Waals surface area contributed by atoms with Crippen molar-refractivity contribution in [1.82, 2.24) is 19.5 Å². The van der Waals surface area contributed by atoms with E-state index in [2.05, 4.69) is 20.3 Å². The summed E-state index contributed by atoms with van der Waals surface area (Å²) in [4.78, 5) is 24.6. The first kappa shape index (κ1) is 15.9. The number of aliphatic hydroxyl groups excluding tert-OH is 1. The Balaban J connectivity index is 1.96. The molecule has 0 fully saturated rings. The zero-order chi connectivity index (χ0) is 16.6. The average molecular weight is 336 g/mol. The molecule has 2 aromatic heterocycles. The molecule has 0 saturated carbocycles. The molecule has 0 spiro atoms. The largest absolute Gasteiger partial charge is 0.396 e. The third-order valence-electron chi connectivity index (χ3n) is 3.88. The molecule has 1 amide bonds. The van der Waals surface area contributed by atoms with Gasteiger partial charge >= 0.3 is 0 Å². The summed E-state index contributed by atoms with van der Waals surface area (Å²) in [6.07, 6.45) is 6.44. The van der Waals surface area contributed by atoms with Crippen molar-refractivity contribution < 1.29 is 9.90 Å². The summed E-state index contributed by atoms with van der Waals surface area (Å²) in [6, 6.07) is 0.0526. The molecule has 0 aliphatic heterocycles. The number of nitrogens with zero attached hydrogens (tertiary/aromatic N) is 4. The van der Waals surface area contributed by atoms with E-state index in [1.165, 1.54) is 0 Å². The molecule has 122 valence electrons. The van der Waals surface area contributed by atoms with Crippen molar-refractivity contribution >= 4 is 34.6 Å². The molecule has 0 saturated heterocycles. The summed E-state index contributed by atoms with van der Waals surface area (Å²) in [7, 11) is 0. The SMILES string of the molecule is CC(C)C(=O)Nc1nc(Cl)c2ncn([C@H]3C=C[C@@H](CO)C3)c2n1. The van der Waals surface area contributed by atoms with Crippen molar-refractivity contribution in [3.8, 4) is 0 Å². The number of carbonyl (C=O) groups is 1. The molecule has 7 nitrogen and oxygen atoms in total. The third-order valence-corrected chi connectivity index (χ3v) is 4.14. The molecular weight excluding hydrogens is 318 g/mol. The number of aliphatic hydroxyl groups is 1. The maximum atomic E-state index is 11.8. The number of carbonyl (C=O) groups excluding carboxylic acids is 1. The number of hydrogen-bond donors (Lipinski definition) is 2. The molecule has 0 radical (unpaired) electrons. The van der Waals surface area contributed by atoms with E-state index >= 15 is 0 Å². The first-order chi connectivity index (χ1) is 11.0. The van der Waals surface area contributed by atoms with Crippen LogP contribution in [0.3, 0.4) is 0 Å². The number of aromatic nitrogens is 4. The molecule has 3 rings (SSSR count). The summed E-state index contributed by atoms with van der Waals surface area (Å²) in [5.74, 6) is -0.0489. The molecule has 8 heteroatoms. The Morgan fingerprint density at radius 2 is 2.26 bits per heavy atom. The average Bonchev–Trinajstić information content (AvgIpc) is 3.12. The number of amides is 1. The van der Waals surface area contributed by atoms with Gasteiger partial charge in [0.25, 0.3) is 0 Å². The standard InChI is InChI=1S/C15H18ClN5O2/c1-8(2)14(23)20-15-18-12(16)11-13(19-15)21(7-17-11)10-4-3-9(5-10)6-22/h3-4,7-10,22H,5-6H2,1-2H3,(H,18,19,20,23)/t9-,10+/m1/s1. The van der Waals surface area contributed by atoms with Gasteiger partial charge in [-0.05, 0) is 6.42 Å². The Hall–Kier alpha value is -1.99. The molecular formula is C15H18ClN5O2. The van der Waals surface area contributed by atoms with Crippen molar-refractivity contribution in [2.24, 2.45) is 11.8 Å². The number of anilines is 1. The predicted molar refractivity (Wildman–Crippen MR) is 87.2 cm³/mol. The van der Waals surface area contributed by atoms with E-state index in [1.54, 1.807) is 20.2 Å². The second-order valence-corrected chi connectivity index (χ2v) is 6.29. The maximum absolute atomic E-state index is 11.8. The molecule has 2 heterocycles. The van der Waals surface area contributed by atoms with Gasteiger partial charge in [0.15, 0.2) is 10.8 Å². The lowest BCUT2D eigenvalue weighted by atomic mass is 10.1. The van der Waals surface area contributed by atoms with Crippen molar-refractivity contribution in [2.75, 3.05) is 11.9 Å². The fourth-order valence-corrected chi connectivity index (χ4v) is 2.74. The maximum Gasteiger partial charge on any atom is 0.232 e. The van der Waals surface area contributed by atoms with Gasteiger partial charge in [0, 0.05) is 18.4 Å². The van der Waals surface area contributed by atoms with E-state index in [0.717, 1.165) is 6.42 Å². The van der Waals surface area contributed by atoms with Crippen LogP contribution in [0.5, 0.6) is 0 Å². The van der Waals surface area contributed by atoms with Crippen LogP contribution in [0.25, 0.3) is 11.2 Å². The zero-order valence-electron chi connectivity index (χ0n) is 12.9. The van der Waals surface area contributed by atoms with Gasteiger partial charge in [-0.1, -0.05) is 37.6 Å². The monoisotopic (exact) mass is 335 g/mol. The summed E-state index contributed by atoms with van der Waals surface area (Å²) < 4.78 is 1.89. The lowest BCUT2D eigenvalue weighted by molar-refractivity contribution is -0.118. The minimum atomic E-state index is -0.180. The molecule has 2 N–H and O–H groups in total. The highest BCUT2D eigenvalue weighted by atomic mass is 35.5. The topological polar surface area (TPSA) is 92.9 Å². The second kappa shape index (κ2) is 6.25. The Morgan fingerprint density at radius 1 is 1.48 bits per heavy atom. The first-order valence-corrected chi connectivity index (χ1v) is 7.87. The first-order valence-electron chi connectivity index (χ1n) is 7.49. The molecule has 0 aromatic carbocycles. The van der Waals surface area contributed by atoms with Crippen molar-refractivity contribution in [3.63, 3.8) is 0 Å². The van der Waals surface area contributed by atoms with Gasteiger partial charge < -0.3 is 9.67 Å². The smallest absolute Gasteiger partial charge is 0.232 e. The lowest BCUT2D eigenvalue weighted by Gasteiger charge is -2.13. The van der Waals surface area contributed by atoms with Crippen molar-refractivity contribution in [2.45, 2.75) is 26.3 Å². The molecule has 1 aliphatic rings. The van der Waals surface area contributed by atoms with Crippen LogP contribution in [0.1, 0.15) is 26.3 Å². The van der Waals surface area contributed by atoms with Gasteiger partial charge in [0.1, 0.15) is 5.52 Å². The van der Waals surface area contributed by atoms with E-state index in [0.29, 0.717) is 11.2 Å². The number of halogens is 1. The number of fused-ring (bicyclic) bond motifs is 1. The van der Waals surface area contributed by atoms with Crippen LogP contribution in [0.4, 0.5) is 5.95 Å². The van der Waals surface area contributed by atoms with E-state index in [1.807, 2.05) is 16.7 Å². The van der Waals surface area contributed by atoms with Gasteiger partial charge in [-0.3, -0.25) is 10.1 Å². The lowest BCUT2D eigenvalue weighted by Crippen LogP contribution is -2.19. The Kier molecular flexibility index (Phi) is 4.32. The van der Waals surface area contributed by atoms with Gasteiger partial charge in [-0.2, -0.15) is 9.97 Å². The number of allylic oxidation sites excluding steroid dienone is 1. The number of nitrogens with one attached hydrogen (secondary N) is 1. The minimum absolute atomic E-state index is 0.0526. The highest BCUT2D eigenvalue weighted by Gasteiger charge is 2.23. The minimum Gasteiger partial charge on any atom is -0.396 e. The van der Waals surface area contributed by atoms with E-state index in [4.69, 9.17) is 11.6 Å². The normalized spacial score (nSPS) is 20.6. The number of hydrogen-bond acceptors (Lipinski definition) is 5. The molecule has 0 unspecified atom stereocenters. The Morgan fingerprint density at radius 3 is 2.91 bits per heavy atom. The van der Waals surface area contributed by atoms with Gasteiger partial charge in [0.05, 0.1) is 12.4 Å². The van der Waals surface area contributed by atoms with Crippen LogP contribution in [0.15, 0.2) is 18.5 Å². The van der Waals surface area contributed by atoms with Crippen molar-refractivity contribution in [3.05, 3.63) is 23.6 Å². The second-order valence-electron chi connectivity index (χ2n) is 5.94. The fraction of sp³-hybridized carbons (Fsp3) is 0.467. The Labute approximate surface area is 138 Å². The summed E-state index contributed by atoms with van der Waals surface area (Å²) in [5, 5.41) is 12.1. The quantitative estimate of drug-likeness (QED) is 0.660. The number of imidazole rings is 1. The summed E-state index contributed by atoms with van der Waals surface area (Å²) in [6.45, 7) is 3.70. The van der Waals surface area contributed by atoms with E-state index in [-0.39, 0.29) is 41.5 Å². The van der Waals surface area contributed by atoms with Gasteiger partial charge in [0.2, 0.25) is 11.9 Å². The van der Waals surface area contributed by atoms with Crippen LogP contribution < -0.4 is 5.32 Å². The molecule has 1 aliphatic carbocycles. The van der Waals surface area contributed by atoms with Gasteiger partial charge in [-0.15, -0.1) is 0 Å². The molecule has 2 aromatic rings. The van der Waals surface area contributed by atoms with Crippen molar-refractivity contribution in [1.29, 1.82) is 0 Å². The van der Waals surface area contributed by atoms with E-state index < -0.39 is 0 Å². The summed E-state index contributed by atoms with van der Waals surface area (Å²) >= 11 is 6.16. The van der Waals surface area contributed by atoms with E-state index in [9.17, 15) is 9.90 Å². The summed E-state index contributed by atoms with van der Waals surface area (Å²) in [5.41, 5.74) is 1.06. The Bertz CT molecular complexity index is 771. The van der Waals surface area contributed by atoms with Crippen LogP contribution in [-0.2, 0) is 4.79 Å². The fourth-order valence-electron chi connectivity index (χ4n) is 2.53. The molecule has 2 atom stereocenters. The number of rotatable bonds is 4. The van der Waals surface area contributed by atoms with Gasteiger partial charge in [-0.25, -0.2) is 4.98 Å². The van der Waals surface area contributed by atoms with Crippen LogP contribution in [-0.4, -0.2) is 37.1 Å². The third kappa shape index (κ3) is 3.07. The molecule has 0 bridgehead atoms. The molecule has 23 heavy (non-hydrogen) atoms. The predicted octanol–water partition coefficient (Wildman–Crippen LogP) is 2.18. The van der Waals surface area contributed by atoms with Crippen LogP contribution in [0.2, 0.25) is 5.15 Å². The highest BCUT2D eigenvalue weighted by molar-refractivity contribution is 6.33. The van der Waals surface area contributed by atoms with Crippen LogP contribution >= 0.6 is 11.6 Å². The highest BCUT2D eigenvalue weighted by Crippen LogP contribution is 2.31.